The molecule has 0 saturated heterocycles. The molecule has 3 N–H and O–H groups in total. The third-order valence-electron chi connectivity index (χ3n) is 2.77. The van der Waals surface area contributed by atoms with E-state index in [1.54, 1.807) is 0 Å². The maximum Gasteiger partial charge on any atom is 0.316 e. The summed E-state index contributed by atoms with van der Waals surface area (Å²) in [6.45, 7) is 1.38. The average molecular weight is 294 g/mol. The van der Waals surface area contributed by atoms with Crippen LogP contribution in [0.5, 0.6) is 11.5 Å². The highest BCUT2D eigenvalue weighted by Crippen LogP contribution is 2.38. The van der Waals surface area contributed by atoms with Gasteiger partial charge in [-0.3, -0.25) is 14.4 Å². The molecule has 6 nitrogen and oxygen atoms in total. The van der Waals surface area contributed by atoms with E-state index in [1.807, 2.05) is 0 Å². The van der Waals surface area contributed by atoms with Crippen LogP contribution < -0.4 is 0 Å². The number of aliphatic carboxylic acids is 1. The number of fused-ring (bicyclic) bond motifs is 1. The fourth-order valence-electron chi connectivity index (χ4n) is 1.77. The molecule has 0 radical (unpaired) electrons. The zero-order valence-electron chi connectivity index (χ0n) is 10.3. The van der Waals surface area contributed by atoms with E-state index in [9.17, 15) is 24.6 Å². The van der Waals surface area contributed by atoms with Crippen LogP contribution in [0.3, 0.4) is 0 Å². The van der Waals surface area contributed by atoms with E-state index in [-0.39, 0.29) is 16.0 Å². The highest BCUT2D eigenvalue weighted by Gasteiger charge is 2.32. The predicted molar refractivity (Wildman–Crippen MR) is 71.2 cm³/mol. The molecule has 0 aliphatic heterocycles. The zero-order valence-corrected chi connectivity index (χ0v) is 11.1. The van der Waals surface area contributed by atoms with Crippen LogP contribution in [0, 0.1) is 0 Å². The largest absolute Gasteiger partial charge is 0.507 e. The van der Waals surface area contributed by atoms with Crippen molar-refractivity contribution >= 4 is 29.3 Å². The number of Topliss-reactive ketones (excluding diaryl/α,β-unsaturated/α-hetero) is 1. The first-order chi connectivity index (χ1) is 9.32. The van der Waals surface area contributed by atoms with E-state index in [0.717, 1.165) is 30.0 Å². The molecule has 0 heterocycles. The summed E-state index contributed by atoms with van der Waals surface area (Å²) in [5, 5.41) is 27.2. The van der Waals surface area contributed by atoms with Gasteiger partial charge >= 0.3 is 5.97 Å². The summed E-state index contributed by atoms with van der Waals surface area (Å²) in [5.74, 6) is -3.27. The van der Waals surface area contributed by atoms with Gasteiger partial charge in [0.1, 0.15) is 16.7 Å². The number of carbonyl (C=O) groups excluding carboxylic acids is 2. The molecule has 1 aliphatic carbocycles. The number of rotatable bonds is 3. The van der Waals surface area contributed by atoms with Crippen molar-refractivity contribution in [3.05, 3.63) is 34.2 Å². The summed E-state index contributed by atoms with van der Waals surface area (Å²) in [5.41, 5.74) is -0.556. The topological polar surface area (TPSA) is 112 Å². The van der Waals surface area contributed by atoms with Gasteiger partial charge in [-0.25, -0.2) is 0 Å². The van der Waals surface area contributed by atoms with Crippen LogP contribution in [-0.4, -0.2) is 38.1 Å². The molecule has 2 rings (SSSR count). The van der Waals surface area contributed by atoms with E-state index in [4.69, 9.17) is 5.11 Å². The summed E-state index contributed by atoms with van der Waals surface area (Å²) in [4.78, 5) is 34.8. The third kappa shape index (κ3) is 2.27. The third-order valence-corrected chi connectivity index (χ3v) is 3.88. The Morgan fingerprint density at radius 2 is 1.70 bits per heavy atom. The van der Waals surface area contributed by atoms with Gasteiger partial charge in [0.25, 0.3) is 0 Å². The molecule has 0 aromatic heterocycles. The van der Waals surface area contributed by atoms with Crippen LogP contribution >= 0.6 is 11.8 Å². The van der Waals surface area contributed by atoms with E-state index in [0.29, 0.717) is 0 Å². The van der Waals surface area contributed by atoms with Crippen LogP contribution in [0.4, 0.5) is 0 Å². The van der Waals surface area contributed by atoms with Crippen LogP contribution in [0.15, 0.2) is 23.1 Å². The molecule has 0 amide bonds. The Morgan fingerprint density at radius 3 is 2.25 bits per heavy atom. The second-order valence-corrected chi connectivity index (χ2v) is 5.54. The lowest BCUT2D eigenvalue weighted by Crippen LogP contribution is -2.19. The maximum atomic E-state index is 12.2. The minimum absolute atomic E-state index is 0.0710. The van der Waals surface area contributed by atoms with Crippen molar-refractivity contribution in [1.82, 2.24) is 0 Å². The van der Waals surface area contributed by atoms with Crippen molar-refractivity contribution in [2.75, 3.05) is 0 Å². The van der Waals surface area contributed by atoms with Crippen LogP contribution in [0.25, 0.3) is 0 Å². The zero-order chi connectivity index (χ0) is 15.0. The van der Waals surface area contributed by atoms with Crippen molar-refractivity contribution in [2.45, 2.75) is 12.2 Å². The molecule has 20 heavy (non-hydrogen) atoms. The Balaban J connectivity index is 2.48. The minimum atomic E-state index is -1.12. The number of carboxylic acid groups (broad SMARTS) is 1. The quantitative estimate of drug-likeness (QED) is 0.725. The number of allylic oxidation sites excluding steroid dienone is 2. The predicted octanol–water partition coefficient (Wildman–Crippen LogP) is 1.57. The Morgan fingerprint density at radius 1 is 1.15 bits per heavy atom. The smallest absolute Gasteiger partial charge is 0.316 e. The van der Waals surface area contributed by atoms with E-state index in [1.165, 1.54) is 6.92 Å². The monoisotopic (exact) mass is 294 g/mol. The number of ketones is 2. The van der Waals surface area contributed by atoms with Crippen LogP contribution in [-0.2, 0) is 4.79 Å². The fraction of sp³-hybridized carbons (Fsp3) is 0.154. The Hall–Kier alpha value is -2.28. The first-order valence-electron chi connectivity index (χ1n) is 5.58. The number of carbonyl (C=O) groups is 3. The van der Waals surface area contributed by atoms with Gasteiger partial charge in [-0.2, -0.15) is 0 Å². The lowest BCUT2D eigenvalue weighted by atomic mass is 9.93. The van der Waals surface area contributed by atoms with E-state index < -0.39 is 34.3 Å². The summed E-state index contributed by atoms with van der Waals surface area (Å²) in [6, 6.07) is 2.22. The van der Waals surface area contributed by atoms with Crippen LogP contribution in [0.1, 0.15) is 27.6 Å². The molecule has 104 valence electrons. The van der Waals surface area contributed by atoms with Crippen molar-refractivity contribution in [3.63, 3.8) is 0 Å². The highest BCUT2D eigenvalue weighted by molar-refractivity contribution is 8.05. The lowest BCUT2D eigenvalue weighted by molar-refractivity contribution is -0.136. The van der Waals surface area contributed by atoms with Gasteiger partial charge in [0.15, 0.2) is 5.78 Å². The van der Waals surface area contributed by atoms with Gasteiger partial charge in [-0.15, -0.1) is 11.8 Å². The van der Waals surface area contributed by atoms with E-state index >= 15 is 0 Å². The Bertz CT molecular complexity index is 661. The summed E-state index contributed by atoms with van der Waals surface area (Å²) in [6.07, 6.45) is 0.980. The van der Waals surface area contributed by atoms with Gasteiger partial charge < -0.3 is 15.3 Å². The molecular formula is C13H10O6S. The number of aromatic hydroxyl groups is 2. The van der Waals surface area contributed by atoms with Gasteiger partial charge in [-0.1, -0.05) is 0 Å². The number of phenols is 2. The second kappa shape index (κ2) is 5.01. The average Bonchev–Trinajstić information content (AvgIpc) is 2.37. The Kier molecular flexibility index (Phi) is 3.54. The standard InChI is InChI=1S/C13H10O6S/c1-5(13(18)19)20-9-4-8(16)10-6(14)2-3-7(15)11(10)12(9)17/h2-5,14-15H,1H3,(H,18,19)/t5-/m1/s1. The molecule has 7 heteroatoms. The molecule has 0 unspecified atom stereocenters. The summed E-state index contributed by atoms with van der Waals surface area (Å²) < 4.78 is 0. The molecule has 1 aromatic carbocycles. The van der Waals surface area contributed by atoms with Gasteiger partial charge in [-0.05, 0) is 19.1 Å². The molecule has 1 aromatic rings. The number of thioether (sulfide) groups is 1. The first kappa shape index (κ1) is 14.1. The lowest BCUT2D eigenvalue weighted by Gasteiger charge is -2.17. The number of hydrogen-bond acceptors (Lipinski definition) is 6. The molecule has 0 bridgehead atoms. The summed E-state index contributed by atoms with van der Waals surface area (Å²) in [7, 11) is 0. The van der Waals surface area contributed by atoms with Crippen molar-refractivity contribution < 1.29 is 29.7 Å². The van der Waals surface area contributed by atoms with Gasteiger partial charge in [0.05, 0.1) is 16.0 Å². The first-order valence-corrected chi connectivity index (χ1v) is 6.46. The van der Waals surface area contributed by atoms with Gasteiger partial charge in [0.2, 0.25) is 5.78 Å². The molecule has 0 saturated carbocycles. The van der Waals surface area contributed by atoms with Crippen molar-refractivity contribution in [2.24, 2.45) is 0 Å². The van der Waals surface area contributed by atoms with Crippen LogP contribution in [0.2, 0.25) is 0 Å². The number of hydrogen-bond donors (Lipinski definition) is 3. The molecule has 0 fully saturated rings. The van der Waals surface area contributed by atoms with Crippen molar-refractivity contribution in [3.8, 4) is 11.5 Å². The second-order valence-electron chi connectivity index (χ2n) is 4.15. The van der Waals surface area contributed by atoms with E-state index in [2.05, 4.69) is 0 Å². The highest BCUT2D eigenvalue weighted by atomic mass is 32.2. The Labute approximate surface area is 117 Å². The van der Waals surface area contributed by atoms with Gasteiger partial charge in [0, 0.05) is 6.08 Å². The molecule has 1 atom stereocenters. The fourth-order valence-corrected chi connectivity index (χ4v) is 2.63. The normalized spacial score (nSPS) is 15.6. The molecule has 1 aliphatic rings. The van der Waals surface area contributed by atoms with Crippen molar-refractivity contribution in [1.29, 1.82) is 0 Å². The summed E-state index contributed by atoms with van der Waals surface area (Å²) >= 11 is 0.717. The SMILES string of the molecule is C[C@@H](SC1=CC(=O)c2c(O)ccc(O)c2C1=O)C(=O)O. The molecule has 0 spiro atoms. The number of carboxylic acids is 1. The maximum absolute atomic E-state index is 12.2. The minimum Gasteiger partial charge on any atom is -0.507 e. The number of benzene rings is 1. The number of phenolic OH excluding ortho intramolecular Hbond substituents is 2. The molecular weight excluding hydrogens is 284 g/mol.